The number of aromatic nitrogens is 2. The fourth-order valence-electron chi connectivity index (χ4n) is 2.32. The molecule has 19 heavy (non-hydrogen) atoms. The number of nitrogens with zero attached hydrogens (tertiary/aromatic N) is 2. The summed E-state index contributed by atoms with van der Waals surface area (Å²) in [5, 5.41) is 18.4. The summed E-state index contributed by atoms with van der Waals surface area (Å²) in [6, 6.07) is 2.17. The van der Waals surface area contributed by atoms with E-state index in [2.05, 4.69) is 27.1 Å². The third kappa shape index (κ3) is 3.03. The summed E-state index contributed by atoms with van der Waals surface area (Å²) in [5.74, 6) is 0.327. The molecule has 6 heteroatoms. The van der Waals surface area contributed by atoms with Gasteiger partial charge in [-0.05, 0) is 6.07 Å². The van der Waals surface area contributed by atoms with E-state index in [0.717, 1.165) is 31.9 Å². The Morgan fingerprint density at radius 1 is 1.53 bits per heavy atom. The predicted molar refractivity (Wildman–Crippen MR) is 75.5 cm³/mol. The van der Waals surface area contributed by atoms with E-state index in [1.807, 2.05) is 10.8 Å². The molecule has 2 aromatic rings. The van der Waals surface area contributed by atoms with Crippen LogP contribution in [0.1, 0.15) is 4.88 Å². The lowest BCUT2D eigenvalue weighted by atomic mass is 10.1. The van der Waals surface area contributed by atoms with Gasteiger partial charge in [0.05, 0.1) is 18.1 Å². The molecule has 0 bridgehead atoms. The third-order valence-electron chi connectivity index (χ3n) is 3.45. The molecule has 0 aromatic carbocycles. The number of hydrogen-bond donors (Lipinski definition) is 3. The second-order valence-electron chi connectivity index (χ2n) is 4.86. The highest BCUT2D eigenvalue weighted by atomic mass is 32.1. The summed E-state index contributed by atoms with van der Waals surface area (Å²) >= 11 is 1.74. The van der Waals surface area contributed by atoms with Crippen molar-refractivity contribution in [1.82, 2.24) is 20.2 Å². The van der Waals surface area contributed by atoms with E-state index in [0.29, 0.717) is 5.92 Å². The molecule has 3 heterocycles. The van der Waals surface area contributed by atoms with Crippen molar-refractivity contribution in [3.63, 3.8) is 0 Å². The molecule has 0 spiro atoms. The minimum absolute atomic E-state index is 0.211. The molecule has 0 amide bonds. The number of thiophene rings is 1. The number of nitrogens with one attached hydrogen (secondary N) is 2. The van der Waals surface area contributed by atoms with Crippen LogP contribution in [0.25, 0.3) is 5.69 Å². The van der Waals surface area contributed by atoms with Crippen molar-refractivity contribution in [1.29, 1.82) is 0 Å². The van der Waals surface area contributed by atoms with Gasteiger partial charge in [0.2, 0.25) is 0 Å². The van der Waals surface area contributed by atoms with Crippen molar-refractivity contribution in [2.45, 2.75) is 12.6 Å². The van der Waals surface area contributed by atoms with Gasteiger partial charge in [-0.3, -0.25) is 0 Å². The van der Waals surface area contributed by atoms with Gasteiger partial charge in [0.1, 0.15) is 0 Å². The fourth-order valence-corrected chi connectivity index (χ4v) is 3.15. The first-order chi connectivity index (χ1) is 9.33. The number of hydrogen-bond acceptors (Lipinski definition) is 5. The average molecular weight is 278 g/mol. The maximum Gasteiger partial charge on any atom is 0.0991 e. The standard InChI is InChI=1S/C13H18N4OS/c18-13-7-16-5-10(13)4-15-6-12-3-11(8-19-12)17-2-1-14-9-17/h1-3,8-10,13,15-16,18H,4-7H2. The summed E-state index contributed by atoms with van der Waals surface area (Å²) in [6.07, 6.45) is 5.32. The highest BCUT2D eigenvalue weighted by Crippen LogP contribution is 2.18. The number of imidazole rings is 1. The zero-order chi connectivity index (χ0) is 13.1. The highest BCUT2D eigenvalue weighted by molar-refractivity contribution is 7.10. The predicted octanol–water partition coefficient (Wildman–Crippen LogP) is 0.604. The summed E-state index contributed by atoms with van der Waals surface area (Å²) in [6.45, 7) is 3.32. The Hall–Kier alpha value is -1.21. The molecule has 0 aliphatic carbocycles. The Labute approximate surface area is 116 Å². The largest absolute Gasteiger partial charge is 0.391 e. The molecule has 2 aromatic heterocycles. The van der Waals surface area contributed by atoms with E-state index in [9.17, 15) is 5.11 Å². The summed E-state index contributed by atoms with van der Waals surface area (Å²) in [4.78, 5) is 5.34. The van der Waals surface area contributed by atoms with Crippen molar-refractivity contribution in [2.75, 3.05) is 19.6 Å². The Bertz CT molecular complexity index is 510. The molecule has 1 fully saturated rings. The molecule has 5 nitrogen and oxygen atoms in total. The summed E-state index contributed by atoms with van der Waals surface area (Å²) < 4.78 is 2.00. The lowest BCUT2D eigenvalue weighted by Gasteiger charge is -2.13. The van der Waals surface area contributed by atoms with Gasteiger partial charge < -0.3 is 20.3 Å². The quantitative estimate of drug-likeness (QED) is 0.750. The van der Waals surface area contributed by atoms with E-state index < -0.39 is 0 Å². The number of rotatable bonds is 5. The zero-order valence-electron chi connectivity index (χ0n) is 10.6. The first kappa shape index (κ1) is 12.8. The van der Waals surface area contributed by atoms with Crippen molar-refractivity contribution in [3.05, 3.63) is 35.0 Å². The smallest absolute Gasteiger partial charge is 0.0991 e. The molecule has 1 saturated heterocycles. The van der Waals surface area contributed by atoms with Crippen molar-refractivity contribution in [2.24, 2.45) is 5.92 Å². The molecule has 1 aliphatic heterocycles. The Kier molecular flexibility index (Phi) is 3.93. The molecule has 3 N–H and O–H groups in total. The van der Waals surface area contributed by atoms with Gasteiger partial charge in [-0.2, -0.15) is 0 Å². The normalized spacial score (nSPS) is 23.0. The Morgan fingerprint density at radius 3 is 3.21 bits per heavy atom. The first-order valence-corrected chi connectivity index (χ1v) is 7.36. The molecule has 0 saturated carbocycles. The van der Waals surface area contributed by atoms with Crippen LogP contribution in [0.5, 0.6) is 0 Å². The fraction of sp³-hybridized carbons (Fsp3) is 0.462. The van der Waals surface area contributed by atoms with Crippen molar-refractivity contribution >= 4 is 11.3 Å². The second-order valence-corrected chi connectivity index (χ2v) is 5.85. The van der Waals surface area contributed by atoms with Crippen molar-refractivity contribution in [3.8, 4) is 5.69 Å². The van der Waals surface area contributed by atoms with Crippen molar-refractivity contribution < 1.29 is 5.11 Å². The van der Waals surface area contributed by atoms with Crippen LogP contribution < -0.4 is 10.6 Å². The number of β-amino-alcohol motifs (C(OH)–C–C–N with tert-alkyl or cyclic N) is 1. The molecular formula is C13H18N4OS. The van der Waals surface area contributed by atoms with Gasteiger partial charge >= 0.3 is 0 Å². The van der Waals surface area contributed by atoms with E-state index >= 15 is 0 Å². The van der Waals surface area contributed by atoms with Crippen LogP contribution in [0, 0.1) is 5.92 Å². The van der Waals surface area contributed by atoms with E-state index in [4.69, 9.17) is 0 Å². The van der Waals surface area contributed by atoms with Gasteiger partial charge in [-0.1, -0.05) is 0 Å². The molecule has 2 unspecified atom stereocenters. The van der Waals surface area contributed by atoms with Gasteiger partial charge in [0, 0.05) is 54.7 Å². The van der Waals surface area contributed by atoms with Crippen LogP contribution in [0.15, 0.2) is 30.2 Å². The zero-order valence-corrected chi connectivity index (χ0v) is 11.4. The van der Waals surface area contributed by atoms with Crippen LogP contribution in [0.3, 0.4) is 0 Å². The topological polar surface area (TPSA) is 62.1 Å². The molecule has 3 rings (SSSR count). The van der Waals surface area contributed by atoms with Gasteiger partial charge in [-0.25, -0.2) is 4.98 Å². The van der Waals surface area contributed by atoms with Gasteiger partial charge in [-0.15, -0.1) is 11.3 Å². The van der Waals surface area contributed by atoms with Crippen LogP contribution in [0.4, 0.5) is 0 Å². The molecule has 1 aliphatic rings. The minimum atomic E-state index is -0.211. The van der Waals surface area contributed by atoms with Gasteiger partial charge in [0.15, 0.2) is 0 Å². The lowest BCUT2D eigenvalue weighted by Crippen LogP contribution is -2.29. The molecular weight excluding hydrogens is 260 g/mol. The molecule has 0 radical (unpaired) electrons. The van der Waals surface area contributed by atoms with Crippen LogP contribution in [0.2, 0.25) is 0 Å². The number of aliphatic hydroxyl groups excluding tert-OH is 1. The van der Waals surface area contributed by atoms with Crippen LogP contribution >= 0.6 is 11.3 Å². The van der Waals surface area contributed by atoms with E-state index in [1.165, 1.54) is 4.88 Å². The van der Waals surface area contributed by atoms with E-state index in [1.54, 1.807) is 23.9 Å². The monoisotopic (exact) mass is 278 g/mol. The molecule has 102 valence electrons. The molecule has 2 atom stereocenters. The minimum Gasteiger partial charge on any atom is -0.391 e. The first-order valence-electron chi connectivity index (χ1n) is 6.48. The SMILES string of the molecule is OC1CNCC1CNCc1cc(-n2ccnc2)cs1. The van der Waals surface area contributed by atoms with E-state index in [-0.39, 0.29) is 6.10 Å². The third-order valence-corrected chi connectivity index (χ3v) is 4.38. The second kappa shape index (κ2) is 5.83. The summed E-state index contributed by atoms with van der Waals surface area (Å²) in [5.41, 5.74) is 1.15. The summed E-state index contributed by atoms with van der Waals surface area (Å²) in [7, 11) is 0. The number of aliphatic hydroxyl groups is 1. The maximum absolute atomic E-state index is 9.71. The maximum atomic E-state index is 9.71. The van der Waals surface area contributed by atoms with Gasteiger partial charge in [0.25, 0.3) is 0 Å². The highest BCUT2D eigenvalue weighted by Gasteiger charge is 2.23. The Balaban J connectivity index is 1.50. The van der Waals surface area contributed by atoms with Crippen LogP contribution in [-0.2, 0) is 6.54 Å². The Morgan fingerprint density at radius 2 is 2.47 bits per heavy atom. The van der Waals surface area contributed by atoms with Crippen LogP contribution in [-0.4, -0.2) is 40.4 Å². The average Bonchev–Trinajstić information content (AvgIpc) is 3.11. The lowest BCUT2D eigenvalue weighted by molar-refractivity contribution is 0.146.